The molecule has 1 aromatic heterocycles. The predicted octanol–water partition coefficient (Wildman–Crippen LogP) is 7.27. The van der Waals surface area contributed by atoms with E-state index in [9.17, 15) is 9.59 Å². The Hall–Kier alpha value is -4.60. The highest BCUT2D eigenvalue weighted by molar-refractivity contribution is 9.10. The maximum Gasteiger partial charge on any atom is 0.343 e. The number of H-pyrrole nitrogens is 1. The molecule has 0 bridgehead atoms. The third-order valence-corrected chi connectivity index (χ3v) is 7.39. The number of benzene rings is 4. The molecular formula is C31H21BrClN3O5. The molecule has 5 aromatic rings. The van der Waals surface area contributed by atoms with E-state index in [1.807, 2.05) is 43.3 Å². The lowest BCUT2D eigenvalue weighted by Gasteiger charge is -2.09. The van der Waals surface area contributed by atoms with Crippen molar-refractivity contribution in [2.24, 2.45) is 5.10 Å². The van der Waals surface area contributed by atoms with E-state index in [2.05, 4.69) is 31.4 Å². The van der Waals surface area contributed by atoms with E-state index in [0.717, 1.165) is 26.5 Å². The van der Waals surface area contributed by atoms with Crippen LogP contribution < -0.4 is 19.6 Å². The van der Waals surface area contributed by atoms with Crippen LogP contribution in [-0.4, -0.2) is 29.9 Å². The molecule has 0 spiro atoms. The Morgan fingerprint density at radius 3 is 2.71 bits per heavy atom. The second-order valence-corrected chi connectivity index (χ2v) is 10.5. The van der Waals surface area contributed by atoms with Gasteiger partial charge < -0.3 is 19.2 Å². The number of nitrogens with zero attached hydrogens (tertiary/aromatic N) is 1. The van der Waals surface area contributed by atoms with Crippen molar-refractivity contribution in [2.45, 2.75) is 6.92 Å². The highest BCUT2D eigenvalue weighted by Crippen LogP contribution is 2.37. The zero-order valence-corrected chi connectivity index (χ0v) is 23.9. The average Bonchev–Trinajstić information content (AvgIpc) is 3.60. The van der Waals surface area contributed by atoms with E-state index in [1.165, 1.54) is 6.21 Å². The van der Waals surface area contributed by atoms with E-state index in [-0.39, 0.29) is 12.5 Å². The van der Waals surface area contributed by atoms with Crippen LogP contribution in [0.15, 0.2) is 88.4 Å². The monoisotopic (exact) mass is 629 g/mol. The lowest BCUT2D eigenvalue weighted by molar-refractivity contribution is 0.0733. The van der Waals surface area contributed by atoms with Crippen molar-refractivity contribution in [1.82, 2.24) is 10.4 Å². The van der Waals surface area contributed by atoms with Crippen LogP contribution >= 0.6 is 27.5 Å². The van der Waals surface area contributed by atoms with Gasteiger partial charge in [-0.2, -0.15) is 5.10 Å². The molecule has 1 aliphatic heterocycles. The average molecular weight is 631 g/mol. The molecule has 4 aromatic carbocycles. The second kappa shape index (κ2) is 11.1. The second-order valence-electron chi connectivity index (χ2n) is 9.19. The highest BCUT2D eigenvalue weighted by Gasteiger charge is 2.22. The number of hydrogen-bond donors (Lipinski definition) is 2. The quantitative estimate of drug-likeness (QED) is 0.0889. The lowest BCUT2D eigenvalue weighted by atomic mass is 10.0. The van der Waals surface area contributed by atoms with Gasteiger partial charge in [0.05, 0.1) is 11.8 Å². The molecule has 1 amide bonds. The minimum absolute atomic E-state index is 0.102. The number of hydrogen-bond acceptors (Lipinski definition) is 6. The lowest BCUT2D eigenvalue weighted by Crippen LogP contribution is -2.19. The van der Waals surface area contributed by atoms with Gasteiger partial charge in [0, 0.05) is 37.1 Å². The van der Waals surface area contributed by atoms with Gasteiger partial charge in [0.1, 0.15) is 11.4 Å². The van der Waals surface area contributed by atoms with Crippen LogP contribution in [0, 0.1) is 6.92 Å². The normalized spacial score (nSPS) is 12.2. The van der Waals surface area contributed by atoms with Crippen molar-refractivity contribution in [3.05, 3.63) is 111 Å². The largest absolute Gasteiger partial charge is 0.454 e. The standard InChI is InChI=1S/C31H21BrClN3O5/c1-17-5-4-7-22-27(21-6-2-3-8-23(21)33)29(35-28(17)22)30(37)36-34-15-19-13-20(32)10-12-24(19)41-31(38)18-9-11-25-26(14-18)40-16-39-25/h2-15,35H,16H2,1H3,(H,36,37). The van der Waals surface area contributed by atoms with Crippen LogP contribution in [0.5, 0.6) is 17.2 Å². The number of nitrogens with one attached hydrogen (secondary N) is 2. The molecule has 0 fully saturated rings. The number of halogens is 2. The molecule has 41 heavy (non-hydrogen) atoms. The number of aromatic nitrogens is 1. The zero-order valence-electron chi connectivity index (χ0n) is 21.5. The summed E-state index contributed by atoms with van der Waals surface area (Å²) >= 11 is 9.96. The summed E-state index contributed by atoms with van der Waals surface area (Å²) in [6.45, 7) is 2.07. The molecule has 1 aliphatic rings. The van der Waals surface area contributed by atoms with E-state index in [1.54, 1.807) is 42.5 Å². The van der Waals surface area contributed by atoms with E-state index in [0.29, 0.717) is 38.9 Å². The molecule has 0 unspecified atom stereocenters. The van der Waals surface area contributed by atoms with Gasteiger partial charge in [0.2, 0.25) is 6.79 Å². The maximum atomic E-state index is 13.4. The van der Waals surface area contributed by atoms with Gasteiger partial charge in [0.25, 0.3) is 5.91 Å². The minimum atomic E-state index is -0.581. The first-order valence-corrected chi connectivity index (χ1v) is 13.7. The highest BCUT2D eigenvalue weighted by atomic mass is 79.9. The van der Waals surface area contributed by atoms with Crippen molar-refractivity contribution in [3.8, 4) is 28.4 Å². The number of aryl methyl sites for hydroxylation is 1. The summed E-state index contributed by atoms with van der Waals surface area (Å²) in [6.07, 6.45) is 1.41. The molecule has 0 saturated heterocycles. The number of amides is 1. The Morgan fingerprint density at radius 1 is 1.02 bits per heavy atom. The van der Waals surface area contributed by atoms with Crippen LogP contribution in [0.1, 0.15) is 32.0 Å². The van der Waals surface area contributed by atoms with Gasteiger partial charge >= 0.3 is 5.97 Å². The van der Waals surface area contributed by atoms with Gasteiger partial charge in [-0.1, -0.05) is 63.9 Å². The molecule has 2 N–H and O–H groups in total. The first-order valence-electron chi connectivity index (χ1n) is 12.5. The van der Waals surface area contributed by atoms with Crippen molar-refractivity contribution in [2.75, 3.05) is 6.79 Å². The van der Waals surface area contributed by atoms with Crippen LogP contribution in [0.25, 0.3) is 22.0 Å². The van der Waals surface area contributed by atoms with Crippen molar-refractivity contribution < 1.29 is 23.8 Å². The molecule has 6 rings (SSSR count). The smallest absolute Gasteiger partial charge is 0.343 e. The number of aromatic amines is 1. The van der Waals surface area contributed by atoms with Gasteiger partial charge in [-0.25, -0.2) is 10.2 Å². The summed E-state index contributed by atoms with van der Waals surface area (Å²) in [5.41, 5.74) is 6.91. The van der Waals surface area contributed by atoms with E-state index >= 15 is 0 Å². The fraction of sp³-hybridized carbons (Fsp3) is 0.0645. The molecule has 0 radical (unpaired) electrons. The third-order valence-electron chi connectivity index (χ3n) is 6.56. The van der Waals surface area contributed by atoms with Crippen molar-refractivity contribution in [3.63, 3.8) is 0 Å². The van der Waals surface area contributed by atoms with Crippen molar-refractivity contribution >= 4 is 56.5 Å². The fourth-order valence-electron chi connectivity index (χ4n) is 4.59. The van der Waals surface area contributed by atoms with E-state index in [4.69, 9.17) is 25.8 Å². The summed E-state index contributed by atoms with van der Waals surface area (Å²) in [5.74, 6) is 0.259. The number of carbonyl (C=O) groups is 2. The number of hydrazone groups is 1. The summed E-state index contributed by atoms with van der Waals surface area (Å²) in [7, 11) is 0. The minimum Gasteiger partial charge on any atom is -0.454 e. The molecule has 2 heterocycles. The maximum absolute atomic E-state index is 13.4. The van der Waals surface area contributed by atoms with Crippen LogP contribution in [-0.2, 0) is 0 Å². The Kier molecular flexibility index (Phi) is 7.21. The molecule has 0 saturated carbocycles. The predicted molar refractivity (Wildman–Crippen MR) is 160 cm³/mol. The Balaban J connectivity index is 1.27. The molecule has 204 valence electrons. The fourth-order valence-corrected chi connectivity index (χ4v) is 5.20. The summed E-state index contributed by atoms with van der Waals surface area (Å²) in [6, 6.07) is 23.1. The first kappa shape index (κ1) is 26.6. The molecule has 0 aliphatic carbocycles. The van der Waals surface area contributed by atoms with Gasteiger partial charge in [-0.3, -0.25) is 4.79 Å². The SMILES string of the molecule is Cc1cccc2c(-c3ccccc3Cl)c(C(=O)NN=Cc3cc(Br)ccc3OC(=O)c3ccc4c(c3)OCO4)[nH]c12. The van der Waals surface area contributed by atoms with Gasteiger partial charge in [0.15, 0.2) is 11.5 Å². The van der Waals surface area contributed by atoms with Crippen LogP contribution in [0.2, 0.25) is 5.02 Å². The summed E-state index contributed by atoms with van der Waals surface area (Å²) in [5, 5.41) is 5.57. The number of fused-ring (bicyclic) bond motifs is 2. The van der Waals surface area contributed by atoms with Crippen molar-refractivity contribution in [1.29, 1.82) is 0 Å². The number of para-hydroxylation sites is 1. The summed E-state index contributed by atoms with van der Waals surface area (Å²) < 4.78 is 17.0. The van der Waals surface area contributed by atoms with E-state index < -0.39 is 11.9 Å². The van der Waals surface area contributed by atoms with Gasteiger partial charge in [-0.15, -0.1) is 0 Å². The number of esters is 1. The Labute approximate surface area is 248 Å². The first-order chi connectivity index (χ1) is 19.9. The molecule has 0 atom stereocenters. The summed E-state index contributed by atoms with van der Waals surface area (Å²) in [4.78, 5) is 29.5. The molecule has 8 nitrogen and oxygen atoms in total. The number of ether oxygens (including phenoxy) is 3. The topological polar surface area (TPSA) is 102 Å². The number of carbonyl (C=O) groups excluding carboxylic acids is 2. The van der Waals surface area contributed by atoms with Crippen LogP contribution in [0.4, 0.5) is 0 Å². The molecular weight excluding hydrogens is 610 g/mol. The Morgan fingerprint density at radius 2 is 1.85 bits per heavy atom. The zero-order chi connectivity index (χ0) is 28.5. The molecule has 10 heteroatoms. The number of rotatable bonds is 6. The van der Waals surface area contributed by atoms with Gasteiger partial charge in [-0.05, 0) is 55.0 Å². The van der Waals surface area contributed by atoms with Crippen LogP contribution in [0.3, 0.4) is 0 Å². The Bertz CT molecular complexity index is 1870. The third kappa shape index (κ3) is 5.29.